The van der Waals surface area contributed by atoms with Crippen molar-refractivity contribution in [3.8, 4) is 5.75 Å². The quantitative estimate of drug-likeness (QED) is 0.595. The highest BCUT2D eigenvalue weighted by Gasteiger charge is 2.07. The third-order valence-corrected chi connectivity index (χ3v) is 3.97. The summed E-state index contributed by atoms with van der Waals surface area (Å²) in [5.41, 5.74) is 4.38. The lowest BCUT2D eigenvalue weighted by atomic mass is 10.1. The molecular weight excluding hydrogens is 296 g/mol. The fourth-order valence-corrected chi connectivity index (χ4v) is 2.76. The highest BCUT2D eigenvalue weighted by molar-refractivity contribution is 5.93. The Morgan fingerprint density at radius 2 is 1.88 bits per heavy atom. The zero-order valence-electron chi connectivity index (χ0n) is 13.7. The summed E-state index contributed by atoms with van der Waals surface area (Å²) in [6, 6.07) is 16.4. The molecule has 0 aliphatic heterocycles. The molecule has 3 rings (SSSR count). The van der Waals surface area contributed by atoms with Crippen LogP contribution in [0.15, 0.2) is 61.7 Å². The zero-order chi connectivity index (χ0) is 16.8. The second-order valence-corrected chi connectivity index (χ2v) is 5.58. The second kappa shape index (κ2) is 7.66. The number of rotatable bonds is 8. The van der Waals surface area contributed by atoms with E-state index in [-0.39, 0.29) is 0 Å². The van der Waals surface area contributed by atoms with Gasteiger partial charge in [0, 0.05) is 35.8 Å². The Morgan fingerprint density at radius 1 is 1.04 bits per heavy atom. The first-order valence-corrected chi connectivity index (χ1v) is 8.10. The van der Waals surface area contributed by atoms with Gasteiger partial charge in [-0.25, -0.2) is 0 Å². The van der Waals surface area contributed by atoms with Crippen LogP contribution in [0.3, 0.4) is 0 Å². The fourth-order valence-electron chi connectivity index (χ4n) is 2.76. The van der Waals surface area contributed by atoms with Gasteiger partial charge in [0.1, 0.15) is 12.4 Å². The summed E-state index contributed by atoms with van der Waals surface area (Å²) in [5, 5.41) is 4.51. The molecule has 24 heavy (non-hydrogen) atoms. The van der Waals surface area contributed by atoms with Crippen molar-refractivity contribution in [3.05, 3.63) is 78.5 Å². The first-order chi connectivity index (χ1) is 11.8. The number of hydrogen-bond acceptors (Lipinski definition) is 2. The van der Waals surface area contributed by atoms with Crippen LogP contribution < -0.4 is 10.1 Å². The Hall–Kier alpha value is -2.78. The predicted molar refractivity (Wildman–Crippen MR) is 102 cm³/mol. The van der Waals surface area contributed by atoms with Crippen molar-refractivity contribution < 1.29 is 4.74 Å². The maximum atomic E-state index is 5.83. The number of fused-ring (bicyclic) bond motifs is 1. The number of hydrogen-bond donors (Lipinski definition) is 2. The van der Waals surface area contributed by atoms with Crippen LogP contribution in [0.25, 0.3) is 23.1 Å². The molecule has 0 fully saturated rings. The minimum atomic E-state index is 0.627. The van der Waals surface area contributed by atoms with Crippen LogP contribution >= 0.6 is 0 Å². The van der Waals surface area contributed by atoms with Gasteiger partial charge in [-0.05, 0) is 23.8 Å². The first-order valence-electron chi connectivity index (χ1n) is 8.10. The Bertz CT molecular complexity index is 834. The highest BCUT2D eigenvalue weighted by atomic mass is 16.5. The van der Waals surface area contributed by atoms with Gasteiger partial charge in [-0.15, -0.1) is 0 Å². The lowest BCUT2D eigenvalue weighted by Gasteiger charge is -2.08. The van der Waals surface area contributed by atoms with Crippen LogP contribution in [0.2, 0.25) is 0 Å². The van der Waals surface area contributed by atoms with Gasteiger partial charge in [0.15, 0.2) is 0 Å². The van der Waals surface area contributed by atoms with Gasteiger partial charge in [0.05, 0.1) is 5.52 Å². The maximum Gasteiger partial charge on any atom is 0.121 e. The van der Waals surface area contributed by atoms with Gasteiger partial charge in [-0.1, -0.05) is 49.6 Å². The molecule has 3 nitrogen and oxygen atoms in total. The van der Waals surface area contributed by atoms with Crippen LogP contribution in [0.5, 0.6) is 5.75 Å². The normalized spacial score (nSPS) is 10.7. The van der Waals surface area contributed by atoms with E-state index >= 15 is 0 Å². The molecule has 2 N–H and O–H groups in total. The number of aromatic amines is 1. The van der Waals surface area contributed by atoms with Crippen LogP contribution in [-0.2, 0) is 6.54 Å². The summed E-state index contributed by atoms with van der Waals surface area (Å²) in [7, 11) is 0. The summed E-state index contributed by atoms with van der Waals surface area (Å²) in [4.78, 5) is 3.34. The van der Waals surface area contributed by atoms with Crippen molar-refractivity contribution in [3.63, 3.8) is 0 Å². The molecule has 2 aromatic carbocycles. The molecule has 0 saturated carbocycles. The van der Waals surface area contributed by atoms with Crippen molar-refractivity contribution in [1.82, 2.24) is 10.3 Å². The third-order valence-electron chi connectivity index (χ3n) is 3.97. The molecule has 0 spiro atoms. The van der Waals surface area contributed by atoms with E-state index in [1.165, 1.54) is 5.56 Å². The van der Waals surface area contributed by atoms with E-state index in [2.05, 4.69) is 41.7 Å². The molecule has 0 bridgehead atoms. The zero-order valence-corrected chi connectivity index (χ0v) is 13.7. The summed E-state index contributed by atoms with van der Waals surface area (Å²) >= 11 is 0. The SMILES string of the molecule is C=Cc1[nH]c2cc(OCCNCc3ccccc3)ccc2c1C=C. The van der Waals surface area contributed by atoms with Crippen LogP contribution in [0.1, 0.15) is 16.8 Å². The molecule has 3 aromatic rings. The molecule has 0 amide bonds. The Kier molecular flexibility index (Phi) is 5.14. The number of nitrogens with one attached hydrogen (secondary N) is 2. The van der Waals surface area contributed by atoms with E-state index in [9.17, 15) is 0 Å². The van der Waals surface area contributed by atoms with E-state index in [1.807, 2.05) is 42.5 Å². The predicted octanol–water partition coefficient (Wildman–Crippen LogP) is 4.62. The summed E-state index contributed by atoms with van der Waals surface area (Å²) < 4.78 is 5.83. The molecule has 0 unspecified atom stereocenters. The molecule has 0 aliphatic carbocycles. The lowest BCUT2D eigenvalue weighted by Crippen LogP contribution is -2.20. The standard InChI is InChI=1S/C21H22N2O/c1-3-18-19-11-10-17(14-21(19)23-20(18)4-2)24-13-12-22-15-16-8-6-5-7-9-16/h3-11,14,22-23H,1-2,12-13,15H2. The molecule has 0 atom stereocenters. The largest absolute Gasteiger partial charge is 0.492 e. The monoisotopic (exact) mass is 318 g/mol. The maximum absolute atomic E-state index is 5.83. The van der Waals surface area contributed by atoms with Crippen molar-refractivity contribution in [2.75, 3.05) is 13.2 Å². The molecule has 3 heteroatoms. The van der Waals surface area contributed by atoms with Gasteiger partial charge in [-0.3, -0.25) is 0 Å². The molecular formula is C21H22N2O. The van der Waals surface area contributed by atoms with Crippen molar-refractivity contribution in [1.29, 1.82) is 0 Å². The van der Waals surface area contributed by atoms with Gasteiger partial charge < -0.3 is 15.0 Å². The number of H-pyrrole nitrogens is 1. The first kappa shape index (κ1) is 16.1. The van der Waals surface area contributed by atoms with E-state index in [1.54, 1.807) is 0 Å². The van der Waals surface area contributed by atoms with E-state index in [0.29, 0.717) is 6.61 Å². The van der Waals surface area contributed by atoms with Gasteiger partial charge >= 0.3 is 0 Å². The summed E-state index contributed by atoms with van der Waals surface area (Å²) in [6.07, 6.45) is 3.66. The van der Waals surface area contributed by atoms with E-state index in [4.69, 9.17) is 4.74 Å². The second-order valence-electron chi connectivity index (χ2n) is 5.58. The topological polar surface area (TPSA) is 37.0 Å². The Morgan fingerprint density at radius 3 is 2.62 bits per heavy atom. The van der Waals surface area contributed by atoms with Crippen molar-refractivity contribution >= 4 is 23.1 Å². The molecule has 0 aliphatic rings. The minimum Gasteiger partial charge on any atom is -0.492 e. The average Bonchev–Trinajstić information content (AvgIpc) is 2.99. The Labute approximate surface area is 142 Å². The lowest BCUT2D eigenvalue weighted by molar-refractivity contribution is 0.314. The van der Waals surface area contributed by atoms with Crippen molar-refractivity contribution in [2.45, 2.75) is 6.54 Å². The molecule has 122 valence electrons. The van der Waals surface area contributed by atoms with Crippen LogP contribution in [0, 0.1) is 0 Å². The molecule has 1 aromatic heterocycles. The fraction of sp³-hybridized carbons (Fsp3) is 0.143. The van der Waals surface area contributed by atoms with Crippen molar-refractivity contribution in [2.24, 2.45) is 0 Å². The number of ether oxygens (including phenoxy) is 1. The third kappa shape index (κ3) is 3.58. The van der Waals surface area contributed by atoms with Gasteiger partial charge in [0.2, 0.25) is 0 Å². The summed E-state index contributed by atoms with van der Waals surface area (Å²) in [5.74, 6) is 0.858. The average molecular weight is 318 g/mol. The van der Waals surface area contributed by atoms with Gasteiger partial charge in [0.25, 0.3) is 0 Å². The van der Waals surface area contributed by atoms with Crippen LogP contribution in [0.4, 0.5) is 0 Å². The molecule has 1 heterocycles. The van der Waals surface area contributed by atoms with Crippen LogP contribution in [-0.4, -0.2) is 18.1 Å². The smallest absolute Gasteiger partial charge is 0.121 e. The molecule has 0 saturated heterocycles. The minimum absolute atomic E-state index is 0.627. The van der Waals surface area contributed by atoms with Gasteiger partial charge in [-0.2, -0.15) is 0 Å². The highest BCUT2D eigenvalue weighted by Crippen LogP contribution is 2.27. The summed E-state index contributed by atoms with van der Waals surface area (Å²) in [6.45, 7) is 9.98. The Balaban J connectivity index is 1.56. The number of aromatic nitrogens is 1. The molecule has 0 radical (unpaired) electrons. The number of benzene rings is 2. The van der Waals surface area contributed by atoms with E-state index < -0.39 is 0 Å². The van der Waals surface area contributed by atoms with E-state index in [0.717, 1.165) is 41.0 Å².